The molecule has 0 bridgehead atoms. The van der Waals surface area contributed by atoms with E-state index in [-0.39, 0.29) is 17.7 Å². The second-order valence-corrected chi connectivity index (χ2v) is 1.89. The Morgan fingerprint density at radius 1 is 1.20 bits per heavy atom. The number of carbonyl (C=O) groups excluding carboxylic acids is 3. The molecule has 10 heavy (non-hydrogen) atoms. The number of hydrogen-bond donors (Lipinski definition) is 0. The highest BCUT2D eigenvalue weighted by molar-refractivity contribution is 6.12. The van der Waals surface area contributed by atoms with Crippen LogP contribution < -0.4 is 0 Å². The fourth-order valence-corrected chi connectivity index (χ4v) is 0.780. The summed E-state index contributed by atoms with van der Waals surface area (Å²) >= 11 is 0. The van der Waals surface area contributed by atoms with E-state index < -0.39 is 17.9 Å². The molecule has 0 spiro atoms. The van der Waals surface area contributed by atoms with Gasteiger partial charge in [0.25, 0.3) is 0 Å². The maximum absolute atomic E-state index is 10.5. The third-order valence-electron chi connectivity index (χ3n) is 1.23. The fraction of sp³-hybridized carbons (Fsp3) is 0.400. The van der Waals surface area contributed by atoms with E-state index in [0.29, 0.717) is 0 Å². The Morgan fingerprint density at radius 3 is 1.80 bits per heavy atom. The minimum absolute atomic E-state index is 0.0210. The highest BCUT2D eigenvalue weighted by Crippen LogP contribution is 2.10. The van der Waals surface area contributed by atoms with Gasteiger partial charge in [-0.2, -0.15) is 4.90 Å². The highest BCUT2D eigenvalue weighted by atomic mass is 16.4. The molecular weight excluding hydrogens is 138 g/mol. The van der Waals surface area contributed by atoms with E-state index in [0.717, 1.165) is 0 Å². The number of amides is 3. The highest BCUT2D eigenvalue weighted by Gasteiger charge is 2.35. The number of imide groups is 3. The van der Waals surface area contributed by atoms with Gasteiger partial charge in [0, 0.05) is 12.8 Å². The average molecular weight is 142 g/mol. The average Bonchev–Trinajstić information content (AvgIpc) is 2.11. The van der Waals surface area contributed by atoms with Crippen LogP contribution in [0.3, 0.4) is 0 Å². The smallest absolute Gasteiger partial charge is 0.274 e. The van der Waals surface area contributed by atoms with Gasteiger partial charge in [0.15, 0.2) is 0 Å². The van der Waals surface area contributed by atoms with Gasteiger partial charge in [-0.05, 0) is 0 Å². The molecule has 0 unspecified atom stereocenters. The molecule has 1 saturated heterocycles. The van der Waals surface area contributed by atoms with Crippen LogP contribution in [0, 0.1) is 0 Å². The third kappa shape index (κ3) is 0.854. The normalized spacial score (nSPS) is 18.2. The van der Waals surface area contributed by atoms with E-state index in [1.54, 1.807) is 0 Å². The van der Waals surface area contributed by atoms with E-state index in [1.807, 2.05) is 0 Å². The topological polar surface area (TPSA) is 74.3 Å². The standard InChI is InChI=1S/C5H4NO4/c7-3-1-2-4(8)6(3)5(9)10/h1-2H2. The molecule has 1 fully saturated rings. The molecule has 5 heteroatoms. The predicted molar refractivity (Wildman–Crippen MR) is 27.2 cm³/mol. The second-order valence-electron chi connectivity index (χ2n) is 1.89. The lowest BCUT2D eigenvalue weighted by Gasteiger charge is -2.01. The minimum atomic E-state index is -1.73. The van der Waals surface area contributed by atoms with Crippen molar-refractivity contribution in [3.8, 4) is 0 Å². The number of rotatable bonds is 0. The van der Waals surface area contributed by atoms with Crippen molar-refractivity contribution < 1.29 is 19.5 Å². The molecule has 53 valence electrons. The van der Waals surface area contributed by atoms with Gasteiger partial charge in [-0.1, -0.05) is 0 Å². The monoisotopic (exact) mass is 142 g/mol. The van der Waals surface area contributed by atoms with Crippen LogP contribution in [0.1, 0.15) is 12.8 Å². The fourth-order valence-electron chi connectivity index (χ4n) is 0.780. The Morgan fingerprint density at radius 2 is 1.60 bits per heavy atom. The van der Waals surface area contributed by atoms with Gasteiger partial charge in [-0.15, -0.1) is 0 Å². The van der Waals surface area contributed by atoms with Crippen molar-refractivity contribution >= 4 is 17.9 Å². The van der Waals surface area contributed by atoms with Crippen LogP contribution in [0.2, 0.25) is 0 Å². The number of nitrogens with zero attached hydrogens (tertiary/aromatic N) is 1. The summed E-state index contributed by atoms with van der Waals surface area (Å²) in [5.74, 6) is -1.38. The molecule has 0 aromatic carbocycles. The largest absolute Gasteiger partial charge is 0.466 e. The van der Waals surface area contributed by atoms with Crippen LogP contribution in [0.25, 0.3) is 0 Å². The lowest BCUT2D eigenvalue weighted by atomic mass is 10.4. The first kappa shape index (κ1) is 6.73. The number of hydrogen-bond acceptors (Lipinski definition) is 3. The maximum atomic E-state index is 10.5. The van der Waals surface area contributed by atoms with Crippen molar-refractivity contribution in [3.63, 3.8) is 0 Å². The first-order chi connectivity index (χ1) is 4.63. The van der Waals surface area contributed by atoms with E-state index >= 15 is 0 Å². The Kier molecular flexibility index (Phi) is 1.41. The molecule has 0 saturated carbocycles. The zero-order valence-corrected chi connectivity index (χ0v) is 4.99. The van der Waals surface area contributed by atoms with Gasteiger partial charge < -0.3 is 0 Å². The zero-order valence-electron chi connectivity index (χ0n) is 4.99. The van der Waals surface area contributed by atoms with Crippen LogP contribution in [-0.2, 0) is 14.7 Å². The van der Waals surface area contributed by atoms with Crippen LogP contribution in [0.4, 0.5) is 4.79 Å². The maximum Gasteiger partial charge on any atom is 0.466 e. The summed E-state index contributed by atoms with van der Waals surface area (Å²) < 4.78 is 0. The van der Waals surface area contributed by atoms with Crippen molar-refractivity contribution in [1.29, 1.82) is 0 Å². The van der Waals surface area contributed by atoms with Crippen molar-refractivity contribution in [2.45, 2.75) is 12.8 Å². The van der Waals surface area contributed by atoms with Crippen molar-refractivity contribution in [3.05, 3.63) is 0 Å². The molecule has 1 radical (unpaired) electrons. The molecule has 0 atom stereocenters. The van der Waals surface area contributed by atoms with E-state index in [2.05, 4.69) is 0 Å². The summed E-state index contributed by atoms with van der Waals surface area (Å²) in [7, 11) is 0. The van der Waals surface area contributed by atoms with Crippen molar-refractivity contribution in [1.82, 2.24) is 4.90 Å². The first-order valence-electron chi connectivity index (χ1n) is 2.69. The van der Waals surface area contributed by atoms with Gasteiger partial charge in [-0.3, -0.25) is 9.59 Å². The summed E-state index contributed by atoms with van der Waals surface area (Å²) in [6, 6.07) is 0. The summed E-state index contributed by atoms with van der Waals surface area (Å²) in [4.78, 5) is 31.2. The number of likely N-dealkylation sites (tertiary alicyclic amines) is 1. The van der Waals surface area contributed by atoms with Gasteiger partial charge in [0.1, 0.15) is 0 Å². The van der Waals surface area contributed by atoms with E-state index in [1.165, 1.54) is 0 Å². The van der Waals surface area contributed by atoms with Gasteiger partial charge in [0.2, 0.25) is 11.8 Å². The molecule has 0 aromatic heterocycles. The summed E-state index contributed by atoms with van der Waals surface area (Å²) in [5, 5.41) is 10.00. The molecule has 1 aliphatic heterocycles. The Labute approximate surface area is 56.2 Å². The summed E-state index contributed by atoms with van der Waals surface area (Å²) in [5.41, 5.74) is 0. The minimum Gasteiger partial charge on any atom is -0.274 e. The molecule has 0 aliphatic carbocycles. The molecule has 3 amide bonds. The Balaban J connectivity index is 2.82. The van der Waals surface area contributed by atoms with Gasteiger partial charge in [-0.25, -0.2) is 9.90 Å². The van der Waals surface area contributed by atoms with Crippen LogP contribution in [0.15, 0.2) is 0 Å². The molecule has 0 aromatic rings. The van der Waals surface area contributed by atoms with E-state index in [9.17, 15) is 19.5 Å². The Bertz CT molecular complexity index is 194. The molecule has 0 N–H and O–H groups in total. The molecule has 1 aliphatic rings. The van der Waals surface area contributed by atoms with Crippen LogP contribution >= 0.6 is 0 Å². The zero-order chi connectivity index (χ0) is 7.72. The SMILES string of the molecule is [O]C(=O)N1C(=O)CCC1=O. The third-order valence-corrected chi connectivity index (χ3v) is 1.23. The first-order valence-corrected chi connectivity index (χ1v) is 2.69. The van der Waals surface area contributed by atoms with Crippen molar-refractivity contribution in [2.24, 2.45) is 0 Å². The lowest BCUT2D eigenvalue weighted by Crippen LogP contribution is -2.33. The predicted octanol–water partition coefficient (Wildman–Crippen LogP) is -0.314. The quantitative estimate of drug-likeness (QED) is 0.435. The summed E-state index contributed by atoms with van der Waals surface area (Å²) in [6.07, 6.45) is -1.77. The molecule has 5 nitrogen and oxygen atoms in total. The summed E-state index contributed by atoms with van der Waals surface area (Å²) in [6.45, 7) is 0. The van der Waals surface area contributed by atoms with Gasteiger partial charge in [0.05, 0.1) is 0 Å². The molecule has 1 rings (SSSR count). The van der Waals surface area contributed by atoms with E-state index in [4.69, 9.17) is 0 Å². The molecular formula is C5H4NO4. The van der Waals surface area contributed by atoms with Crippen LogP contribution in [-0.4, -0.2) is 22.8 Å². The molecule has 1 heterocycles. The van der Waals surface area contributed by atoms with Crippen molar-refractivity contribution in [2.75, 3.05) is 0 Å². The van der Waals surface area contributed by atoms with Crippen LogP contribution in [0.5, 0.6) is 0 Å². The second kappa shape index (κ2) is 2.09. The van der Waals surface area contributed by atoms with Gasteiger partial charge >= 0.3 is 6.09 Å². The number of carbonyl (C=O) groups is 3. The Hall–Kier alpha value is -1.39. The lowest BCUT2D eigenvalue weighted by molar-refractivity contribution is -0.136.